The maximum atomic E-state index is 14.1. The van der Waals surface area contributed by atoms with Gasteiger partial charge in [0.1, 0.15) is 48.4 Å². The molecule has 27 heteroatoms. The summed E-state index contributed by atoms with van der Waals surface area (Å²) in [6.07, 6.45) is 23.4. The van der Waals surface area contributed by atoms with E-state index >= 15 is 0 Å². The molecule has 93 heavy (non-hydrogen) atoms. The van der Waals surface area contributed by atoms with Crippen LogP contribution in [0, 0.1) is 0 Å². The first-order chi connectivity index (χ1) is 44.6. The average molecular weight is 1390 g/mol. The van der Waals surface area contributed by atoms with E-state index < -0.39 is 116 Å². The second-order valence-electron chi connectivity index (χ2n) is 25.3. The Morgan fingerprint density at radius 3 is 1.39 bits per heavy atom. The molecular formula is C66H126NO23P3. The van der Waals surface area contributed by atoms with Crippen molar-refractivity contribution in [1.29, 1.82) is 0 Å². The zero-order valence-electron chi connectivity index (χ0n) is 57.6. The molecule has 11 atom stereocenters. The van der Waals surface area contributed by atoms with E-state index in [1.165, 1.54) is 45.6 Å². The maximum Gasteiger partial charge on any atom is 0.472 e. The fourth-order valence-electron chi connectivity index (χ4n) is 11.8. The number of unbranched alkanes of at least 4 members (excludes halogenated alkanes) is 30. The molecule has 2 heterocycles. The summed E-state index contributed by atoms with van der Waals surface area (Å²) in [7, 11) is -13.6. The SMILES string of the molecule is CCCCCC/C=C\CCCCCCCCCC(=O)O[C@H]1[C@H](OC[C@H]2O[C@H](OP(=O)(O)O)[C@@H](NC(=O)CC(=O)CCCCCCCCCCC)[C@@H](OCCCCCCCCCC)[C@@H]2OP(=O)(O)O)O[C@H](COC)[C@@H](OP(=O)(O)O)[C@@H]1OCC[C@H](CCCCCCC)OC. The Bertz CT molecular complexity index is 2080. The Morgan fingerprint density at radius 1 is 0.452 bits per heavy atom. The van der Waals surface area contributed by atoms with Crippen molar-refractivity contribution in [3.63, 3.8) is 0 Å². The number of methoxy groups -OCH3 is 2. The lowest BCUT2D eigenvalue weighted by atomic mass is 9.95. The molecular weight excluding hydrogens is 1270 g/mol. The predicted molar refractivity (Wildman–Crippen MR) is 356 cm³/mol. The number of rotatable bonds is 61. The zero-order valence-corrected chi connectivity index (χ0v) is 60.3. The summed E-state index contributed by atoms with van der Waals surface area (Å²) in [5, 5.41) is 2.55. The van der Waals surface area contributed by atoms with Gasteiger partial charge in [0.25, 0.3) is 0 Å². The highest BCUT2D eigenvalue weighted by Gasteiger charge is 2.55. The smallest absolute Gasteiger partial charge is 0.454 e. The monoisotopic (exact) mass is 1390 g/mol. The van der Waals surface area contributed by atoms with Gasteiger partial charge in [0.15, 0.2) is 18.7 Å². The Labute approximate surface area is 557 Å². The number of carbonyl (C=O) groups excluding carboxylic acids is 3. The minimum absolute atomic E-state index is 0.0856. The Morgan fingerprint density at radius 2 is 0.882 bits per heavy atom. The van der Waals surface area contributed by atoms with E-state index in [0.29, 0.717) is 44.9 Å². The number of Topliss-reactive ketones (excluding diaryl/α,β-unsaturated/α-hetero) is 1. The van der Waals surface area contributed by atoms with Crippen LogP contribution < -0.4 is 5.32 Å². The van der Waals surface area contributed by atoms with Crippen molar-refractivity contribution < 1.29 is 109 Å². The third-order valence-corrected chi connectivity index (χ3v) is 18.4. The van der Waals surface area contributed by atoms with Gasteiger partial charge < -0.3 is 72.6 Å². The van der Waals surface area contributed by atoms with Gasteiger partial charge in [-0.05, 0) is 57.8 Å². The summed E-state index contributed by atoms with van der Waals surface area (Å²) < 4.78 is 104. The number of nitrogens with one attached hydrogen (secondary N) is 1. The summed E-state index contributed by atoms with van der Waals surface area (Å²) in [6, 6.07) is -1.77. The minimum atomic E-state index is -5.57. The van der Waals surface area contributed by atoms with Crippen LogP contribution in [0.1, 0.15) is 285 Å². The van der Waals surface area contributed by atoms with E-state index in [0.717, 1.165) is 154 Å². The van der Waals surface area contributed by atoms with Gasteiger partial charge in [0.05, 0.1) is 25.7 Å². The van der Waals surface area contributed by atoms with Crippen molar-refractivity contribution in [2.75, 3.05) is 40.6 Å². The standard InChI is InChI=1S/C66H126NO23P3/c1-7-11-15-19-22-25-26-27-28-29-30-32-34-38-42-46-58(70)87-64-63(83-49-47-54(81-6)45-41-36-18-14-10-4)61(89-92(74,75)76)55(51-80-5)86-66(64)84-52-56-60(88-91(71,72)73)62(82-48-43-39-35-24-21-17-13-9-3)59(65(85-56)90-93(77,78)79)67-57(69)50-53(68)44-40-37-33-31-23-20-16-12-8-2/h25-26,54-56,59-66H,7-24,27-52H2,1-6H3,(H,67,69)(H2,71,72,73)(H2,74,75,76)(H2,77,78,79)/b26-25-/t54-,55+,56+,59-,60+,61+,62+,63-,64+,65+,66+/m0/s1. The van der Waals surface area contributed by atoms with E-state index in [1.54, 1.807) is 7.11 Å². The van der Waals surface area contributed by atoms with Crippen LogP contribution in [-0.4, -0.2) is 155 Å². The Kier molecular flexibility index (Phi) is 50.2. The van der Waals surface area contributed by atoms with Crippen molar-refractivity contribution in [1.82, 2.24) is 5.32 Å². The molecule has 7 N–H and O–H groups in total. The number of phosphoric acid groups is 3. The lowest BCUT2D eigenvalue weighted by molar-refractivity contribution is -0.323. The summed E-state index contributed by atoms with van der Waals surface area (Å²) in [5.74, 6) is -2.08. The molecule has 0 bridgehead atoms. The number of esters is 1. The molecule has 2 fully saturated rings. The van der Waals surface area contributed by atoms with Crippen LogP contribution in [0.15, 0.2) is 12.2 Å². The van der Waals surface area contributed by atoms with Crippen LogP contribution in [0.4, 0.5) is 0 Å². The minimum Gasteiger partial charge on any atom is -0.454 e. The van der Waals surface area contributed by atoms with E-state index in [9.17, 15) is 57.4 Å². The number of hydrogen-bond donors (Lipinski definition) is 7. The van der Waals surface area contributed by atoms with Crippen LogP contribution in [0.3, 0.4) is 0 Å². The molecule has 0 aromatic heterocycles. The van der Waals surface area contributed by atoms with Crippen LogP contribution in [0.2, 0.25) is 0 Å². The van der Waals surface area contributed by atoms with Crippen molar-refractivity contribution in [3.8, 4) is 0 Å². The normalized spacial score (nSPS) is 22.6. The quantitative estimate of drug-likeness (QED) is 0.00978. The third-order valence-electron chi connectivity index (χ3n) is 16.9. The van der Waals surface area contributed by atoms with Crippen molar-refractivity contribution in [2.24, 2.45) is 0 Å². The van der Waals surface area contributed by atoms with Crippen molar-refractivity contribution in [3.05, 3.63) is 12.2 Å². The molecule has 1 amide bonds. The topological polar surface area (TPSA) is 337 Å². The molecule has 2 saturated heterocycles. The fourth-order valence-corrected chi connectivity index (χ4v) is 13.4. The van der Waals surface area contributed by atoms with Gasteiger partial charge in [-0.2, -0.15) is 0 Å². The summed E-state index contributed by atoms with van der Waals surface area (Å²) in [6.45, 7) is 7.15. The number of ether oxygens (including phenoxy) is 8. The molecule has 2 aliphatic rings. The summed E-state index contributed by atoms with van der Waals surface area (Å²) in [4.78, 5) is 104. The van der Waals surface area contributed by atoms with Crippen LogP contribution in [0.5, 0.6) is 0 Å². The molecule has 548 valence electrons. The second-order valence-corrected chi connectivity index (χ2v) is 28.8. The predicted octanol–water partition coefficient (Wildman–Crippen LogP) is 14.2. The zero-order chi connectivity index (χ0) is 68.6. The van der Waals surface area contributed by atoms with Gasteiger partial charge in [0, 0.05) is 40.3 Å². The van der Waals surface area contributed by atoms with E-state index in [2.05, 4.69) is 45.2 Å². The van der Waals surface area contributed by atoms with Gasteiger partial charge in [-0.15, -0.1) is 0 Å². The molecule has 0 spiro atoms. The number of ketones is 1. The molecule has 24 nitrogen and oxygen atoms in total. The number of carbonyl (C=O) groups is 3. The molecule has 0 aromatic carbocycles. The van der Waals surface area contributed by atoms with Crippen LogP contribution in [-0.2, 0) is 79.5 Å². The van der Waals surface area contributed by atoms with Crippen LogP contribution >= 0.6 is 23.5 Å². The Hall–Kier alpha value is -1.60. The van der Waals surface area contributed by atoms with Crippen molar-refractivity contribution in [2.45, 2.75) is 352 Å². The number of amides is 1. The molecule has 0 unspecified atom stereocenters. The van der Waals surface area contributed by atoms with Gasteiger partial charge in [-0.25, -0.2) is 13.7 Å². The lowest BCUT2D eigenvalue weighted by Gasteiger charge is -2.47. The highest BCUT2D eigenvalue weighted by molar-refractivity contribution is 7.46. The largest absolute Gasteiger partial charge is 0.472 e. The molecule has 2 rings (SSSR count). The number of hydrogen-bond acceptors (Lipinski definition) is 17. The van der Waals surface area contributed by atoms with Crippen LogP contribution in [0.25, 0.3) is 0 Å². The number of phosphoric ester groups is 3. The fraction of sp³-hybridized carbons (Fsp3) is 0.924. The number of allylic oxidation sites excluding steroid dienone is 2. The molecule has 0 aliphatic carbocycles. The molecule has 2 aliphatic heterocycles. The van der Waals surface area contributed by atoms with E-state index in [-0.39, 0.29) is 38.8 Å². The highest BCUT2D eigenvalue weighted by atomic mass is 31.2. The lowest BCUT2D eigenvalue weighted by Crippen LogP contribution is -2.66. The van der Waals surface area contributed by atoms with Gasteiger partial charge in [-0.3, -0.25) is 28.0 Å². The van der Waals surface area contributed by atoms with Gasteiger partial charge in [-0.1, -0.05) is 220 Å². The summed E-state index contributed by atoms with van der Waals surface area (Å²) >= 11 is 0. The average Bonchev–Trinajstić information content (AvgIpc) is 0.833. The molecule has 0 aromatic rings. The van der Waals surface area contributed by atoms with E-state index in [1.807, 2.05) is 0 Å². The second kappa shape index (κ2) is 53.3. The summed E-state index contributed by atoms with van der Waals surface area (Å²) in [5.41, 5.74) is 0. The molecule has 0 radical (unpaired) electrons. The third kappa shape index (κ3) is 43.5. The highest BCUT2D eigenvalue weighted by Crippen LogP contribution is 2.47. The first-order valence-electron chi connectivity index (χ1n) is 35.6. The first-order valence-corrected chi connectivity index (χ1v) is 40.2. The van der Waals surface area contributed by atoms with Gasteiger partial charge >= 0.3 is 29.4 Å². The van der Waals surface area contributed by atoms with Gasteiger partial charge in [0.2, 0.25) is 5.91 Å². The molecule has 0 saturated carbocycles. The first kappa shape index (κ1) is 87.5. The maximum absolute atomic E-state index is 14.1. The Balaban J connectivity index is 2.59. The van der Waals surface area contributed by atoms with E-state index in [4.69, 9.17) is 51.5 Å². The van der Waals surface area contributed by atoms with Crippen molar-refractivity contribution >= 4 is 41.1 Å².